The number of halogens is 1. The van der Waals surface area contributed by atoms with E-state index >= 15 is 0 Å². The number of imidazole rings is 1. The summed E-state index contributed by atoms with van der Waals surface area (Å²) in [5.74, 6) is 0.476. The number of hydrogen-bond acceptors (Lipinski definition) is 3. The van der Waals surface area contributed by atoms with Crippen molar-refractivity contribution in [3.63, 3.8) is 0 Å². The second kappa shape index (κ2) is 4.06. The molecular weight excluding hydrogens is 296 g/mol. The molecule has 3 aromatic rings. The van der Waals surface area contributed by atoms with E-state index in [9.17, 15) is 4.79 Å². The lowest BCUT2D eigenvalue weighted by molar-refractivity contribution is 1.04. The third kappa shape index (κ3) is 1.74. The van der Waals surface area contributed by atoms with Crippen molar-refractivity contribution < 1.29 is 0 Å². The Kier molecular flexibility index (Phi) is 2.52. The van der Waals surface area contributed by atoms with Gasteiger partial charge in [-0.15, -0.1) is 0 Å². The molecule has 1 N–H and O–H groups in total. The first-order valence-corrected chi connectivity index (χ1v) is 6.15. The number of nitrogens with one attached hydrogen (secondary N) is 1. The molecular formula is C12H9BrN4O. The smallest absolute Gasteiger partial charge is 0.265 e. The van der Waals surface area contributed by atoms with E-state index in [4.69, 9.17) is 0 Å². The molecule has 90 valence electrons. The second-order valence-electron chi connectivity index (χ2n) is 3.91. The molecule has 0 aliphatic carbocycles. The SMILES string of the molecule is Cc1nc(-c2cn3ccccc3n2)[nH]c(=O)c1Br. The molecule has 0 spiro atoms. The number of rotatable bonds is 1. The van der Waals surface area contributed by atoms with Crippen molar-refractivity contribution in [1.82, 2.24) is 19.4 Å². The normalized spacial score (nSPS) is 11.0. The Labute approximate surface area is 111 Å². The molecule has 5 nitrogen and oxygen atoms in total. The van der Waals surface area contributed by atoms with Crippen LogP contribution in [0.4, 0.5) is 0 Å². The van der Waals surface area contributed by atoms with Crippen LogP contribution in [0.1, 0.15) is 5.69 Å². The van der Waals surface area contributed by atoms with Gasteiger partial charge in [0.2, 0.25) is 0 Å². The largest absolute Gasteiger partial charge is 0.306 e. The van der Waals surface area contributed by atoms with Crippen LogP contribution in [0.15, 0.2) is 39.9 Å². The standard InChI is InChI=1S/C12H9BrN4O/c1-7-10(13)12(18)16-11(14-7)8-6-17-5-3-2-4-9(17)15-8/h2-6H,1H3,(H,14,16,18). The number of pyridine rings is 1. The second-order valence-corrected chi connectivity index (χ2v) is 4.70. The molecule has 0 saturated carbocycles. The average Bonchev–Trinajstić information content (AvgIpc) is 2.79. The van der Waals surface area contributed by atoms with E-state index in [-0.39, 0.29) is 5.56 Å². The fourth-order valence-electron chi connectivity index (χ4n) is 1.74. The number of aromatic nitrogens is 4. The van der Waals surface area contributed by atoms with E-state index < -0.39 is 0 Å². The Bertz CT molecular complexity index is 757. The van der Waals surface area contributed by atoms with Crippen molar-refractivity contribution in [1.29, 1.82) is 0 Å². The minimum absolute atomic E-state index is 0.199. The number of aryl methyl sites for hydroxylation is 1. The van der Waals surface area contributed by atoms with Crippen LogP contribution in [-0.2, 0) is 0 Å². The molecule has 0 bridgehead atoms. The minimum atomic E-state index is -0.199. The van der Waals surface area contributed by atoms with Gasteiger partial charge in [-0.3, -0.25) is 4.79 Å². The fraction of sp³-hybridized carbons (Fsp3) is 0.0833. The van der Waals surface area contributed by atoms with Crippen LogP contribution < -0.4 is 5.56 Å². The number of H-pyrrole nitrogens is 1. The molecule has 3 rings (SSSR count). The van der Waals surface area contributed by atoms with E-state index in [1.54, 1.807) is 6.92 Å². The van der Waals surface area contributed by atoms with Gasteiger partial charge in [0, 0.05) is 12.4 Å². The zero-order valence-corrected chi connectivity index (χ0v) is 11.1. The summed E-state index contributed by atoms with van der Waals surface area (Å²) < 4.78 is 2.34. The Morgan fingerprint density at radius 1 is 1.33 bits per heavy atom. The Morgan fingerprint density at radius 2 is 2.17 bits per heavy atom. The molecule has 0 aliphatic rings. The first-order valence-electron chi connectivity index (χ1n) is 5.35. The lowest BCUT2D eigenvalue weighted by atomic mass is 10.4. The van der Waals surface area contributed by atoms with Gasteiger partial charge in [-0.1, -0.05) is 6.07 Å². The van der Waals surface area contributed by atoms with E-state index in [1.165, 1.54) is 0 Å². The van der Waals surface area contributed by atoms with Gasteiger partial charge >= 0.3 is 0 Å². The predicted octanol–water partition coefficient (Wildman–Crippen LogP) is 2.16. The highest BCUT2D eigenvalue weighted by Gasteiger charge is 2.10. The van der Waals surface area contributed by atoms with Crippen molar-refractivity contribution in [2.45, 2.75) is 6.92 Å². The van der Waals surface area contributed by atoms with Crippen LogP contribution in [0.3, 0.4) is 0 Å². The van der Waals surface area contributed by atoms with Crippen molar-refractivity contribution >= 4 is 21.6 Å². The van der Waals surface area contributed by atoms with Crippen LogP contribution in [-0.4, -0.2) is 19.4 Å². The van der Waals surface area contributed by atoms with Gasteiger partial charge in [0.15, 0.2) is 5.82 Å². The topological polar surface area (TPSA) is 63.1 Å². The van der Waals surface area contributed by atoms with Crippen LogP contribution in [0.25, 0.3) is 17.2 Å². The summed E-state index contributed by atoms with van der Waals surface area (Å²) in [6, 6.07) is 5.73. The summed E-state index contributed by atoms with van der Waals surface area (Å²) in [5.41, 5.74) is 1.91. The Morgan fingerprint density at radius 3 is 2.89 bits per heavy atom. The van der Waals surface area contributed by atoms with Crippen LogP contribution in [0.2, 0.25) is 0 Å². The maximum Gasteiger partial charge on any atom is 0.265 e. The van der Waals surface area contributed by atoms with Crippen molar-refractivity contribution in [3.05, 3.63) is 51.1 Å². The highest BCUT2D eigenvalue weighted by atomic mass is 79.9. The highest BCUT2D eigenvalue weighted by Crippen LogP contribution is 2.16. The third-order valence-corrected chi connectivity index (χ3v) is 3.57. The summed E-state index contributed by atoms with van der Waals surface area (Å²) in [6.07, 6.45) is 3.73. The molecule has 18 heavy (non-hydrogen) atoms. The minimum Gasteiger partial charge on any atom is -0.306 e. The highest BCUT2D eigenvalue weighted by molar-refractivity contribution is 9.10. The maximum atomic E-state index is 11.7. The van der Waals surface area contributed by atoms with E-state index in [0.29, 0.717) is 21.7 Å². The zero-order chi connectivity index (χ0) is 12.7. The van der Waals surface area contributed by atoms with E-state index in [2.05, 4.69) is 30.9 Å². The van der Waals surface area contributed by atoms with Gasteiger partial charge in [0.1, 0.15) is 15.8 Å². The van der Waals surface area contributed by atoms with Gasteiger partial charge in [-0.2, -0.15) is 0 Å². The molecule has 0 aliphatic heterocycles. The van der Waals surface area contributed by atoms with Gasteiger partial charge in [0.25, 0.3) is 5.56 Å². The summed E-state index contributed by atoms with van der Waals surface area (Å²) in [4.78, 5) is 23.1. The first kappa shape index (κ1) is 11.2. The lowest BCUT2D eigenvalue weighted by Crippen LogP contribution is -2.11. The van der Waals surface area contributed by atoms with Crippen molar-refractivity contribution in [2.24, 2.45) is 0 Å². The molecule has 0 amide bonds. The van der Waals surface area contributed by atoms with E-state index in [0.717, 1.165) is 5.65 Å². The molecule has 0 fully saturated rings. The molecule has 3 aromatic heterocycles. The molecule has 3 heterocycles. The lowest BCUT2D eigenvalue weighted by Gasteiger charge is -1.99. The molecule has 0 aromatic carbocycles. The Balaban J connectivity index is 2.23. The summed E-state index contributed by atoms with van der Waals surface area (Å²) in [6.45, 7) is 1.78. The maximum absolute atomic E-state index is 11.7. The van der Waals surface area contributed by atoms with Crippen molar-refractivity contribution in [2.75, 3.05) is 0 Å². The molecule has 0 unspecified atom stereocenters. The Hall–Kier alpha value is -1.95. The van der Waals surface area contributed by atoms with Crippen LogP contribution >= 0.6 is 15.9 Å². The molecule has 0 radical (unpaired) electrons. The van der Waals surface area contributed by atoms with Crippen LogP contribution in [0, 0.1) is 6.92 Å². The van der Waals surface area contributed by atoms with Gasteiger partial charge in [-0.25, -0.2) is 9.97 Å². The quantitative estimate of drug-likeness (QED) is 0.749. The average molecular weight is 305 g/mol. The monoisotopic (exact) mass is 304 g/mol. The third-order valence-electron chi connectivity index (χ3n) is 2.64. The molecule has 6 heteroatoms. The van der Waals surface area contributed by atoms with E-state index in [1.807, 2.05) is 35.0 Å². The fourth-order valence-corrected chi connectivity index (χ4v) is 1.93. The molecule has 0 saturated heterocycles. The first-order chi connectivity index (χ1) is 8.65. The number of fused-ring (bicyclic) bond motifs is 1. The van der Waals surface area contributed by atoms with Gasteiger partial charge in [-0.05, 0) is 35.0 Å². The van der Waals surface area contributed by atoms with Gasteiger partial charge < -0.3 is 9.38 Å². The molecule has 0 atom stereocenters. The van der Waals surface area contributed by atoms with Gasteiger partial charge in [0.05, 0.1) is 5.69 Å². The summed E-state index contributed by atoms with van der Waals surface area (Å²) in [7, 11) is 0. The summed E-state index contributed by atoms with van der Waals surface area (Å²) in [5, 5.41) is 0. The number of aromatic amines is 1. The summed E-state index contributed by atoms with van der Waals surface area (Å²) >= 11 is 3.19. The number of nitrogens with zero attached hydrogens (tertiary/aromatic N) is 3. The zero-order valence-electron chi connectivity index (χ0n) is 9.51. The number of hydrogen-bond donors (Lipinski definition) is 1. The van der Waals surface area contributed by atoms with Crippen molar-refractivity contribution in [3.8, 4) is 11.5 Å². The predicted molar refractivity (Wildman–Crippen MR) is 71.5 cm³/mol. The van der Waals surface area contributed by atoms with Crippen LogP contribution in [0.5, 0.6) is 0 Å².